The number of carbonyl (C=O) groups excluding carboxylic acids is 1. The van der Waals surface area contributed by atoms with Crippen LogP contribution in [0.25, 0.3) is 0 Å². The van der Waals surface area contributed by atoms with Crippen LogP contribution in [0.4, 0.5) is 17.6 Å². The topological polar surface area (TPSA) is 20.3 Å². The SMILES string of the molecule is O=C(c1ccc(F)c(C(F)(F)F)c1)N1CCC(CBr)CC1. The van der Waals surface area contributed by atoms with Gasteiger partial charge < -0.3 is 4.90 Å². The number of hydrogen-bond donors (Lipinski definition) is 0. The van der Waals surface area contributed by atoms with Crippen LogP contribution in [0.15, 0.2) is 18.2 Å². The van der Waals surface area contributed by atoms with Crippen molar-refractivity contribution in [3.8, 4) is 0 Å². The van der Waals surface area contributed by atoms with Gasteiger partial charge in [0, 0.05) is 24.0 Å². The van der Waals surface area contributed by atoms with E-state index in [4.69, 9.17) is 0 Å². The van der Waals surface area contributed by atoms with Gasteiger partial charge in [-0.05, 0) is 37.0 Å². The summed E-state index contributed by atoms with van der Waals surface area (Å²) in [5, 5.41) is 0.851. The molecule has 116 valence electrons. The molecule has 2 nitrogen and oxygen atoms in total. The number of carbonyl (C=O) groups is 1. The van der Waals surface area contributed by atoms with Crippen LogP contribution >= 0.6 is 15.9 Å². The molecule has 2 rings (SSSR count). The lowest BCUT2D eigenvalue weighted by molar-refractivity contribution is -0.140. The third kappa shape index (κ3) is 3.75. The van der Waals surface area contributed by atoms with Crippen molar-refractivity contribution in [1.29, 1.82) is 0 Å². The third-order valence-electron chi connectivity index (χ3n) is 3.64. The Morgan fingerprint density at radius 3 is 2.43 bits per heavy atom. The van der Waals surface area contributed by atoms with E-state index >= 15 is 0 Å². The molecular formula is C14H14BrF4NO. The molecule has 0 unspecified atom stereocenters. The molecule has 0 radical (unpaired) electrons. The molecule has 7 heteroatoms. The molecule has 1 aromatic rings. The molecule has 0 aromatic heterocycles. The highest BCUT2D eigenvalue weighted by Gasteiger charge is 2.35. The molecule has 0 spiro atoms. The van der Waals surface area contributed by atoms with Crippen LogP contribution in [0.5, 0.6) is 0 Å². The Bertz CT molecular complexity index is 524. The smallest absolute Gasteiger partial charge is 0.339 e. The number of nitrogens with zero attached hydrogens (tertiary/aromatic N) is 1. The van der Waals surface area contributed by atoms with E-state index in [-0.39, 0.29) is 5.56 Å². The maximum absolute atomic E-state index is 13.2. The van der Waals surface area contributed by atoms with Gasteiger partial charge in [0.25, 0.3) is 5.91 Å². The summed E-state index contributed by atoms with van der Waals surface area (Å²) in [5.74, 6) is -1.36. The average Bonchev–Trinajstić information content (AvgIpc) is 2.46. The molecule has 0 N–H and O–H groups in total. The van der Waals surface area contributed by atoms with Gasteiger partial charge in [-0.15, -0.1) is 0 Å². The summed E-state index contributed by atoms with van der Waals surface area (Å²) < 4.78 is 51.2. The van der Waals surface area contributed by atoms with E-state index in [0.29, 0.717) is 31.1 Å². The van der Waals surface area contributed by atoms with Gasteiger partial charge in [0.1, 0.15) is 5.82 Å². The normalized spacial score (nSPS) is 17.1. The van der Waals surface area contributed by atoms with E-state index in [1.165, 1.54) is 4.90 Å². The second kappa shape index (κ2) is 6.34. The summed E-state index contributed by atoms with van der Waals surface area (Å²) in [7, 11) is 0. The maximum Gasteiger partial charge on any atom is 0.419 e. The molecule has 1 saturated heterocycles. The summed E-state index contributed by atoms with van der Waals surface area (Å²) in [4.78, 5) is 13.7. The highest BCUT2D eigenvalue weighted by molar-refractivity contribution is 9.09. The Morgan fingerprint density at radius 1 is 1.29 bits per heavy atom. The molecule has 1 amide bonds. The fourth-order valence-corrected chi connectivity index (χ4v) is 3.00. The maximum atomic E-state index is 13.2. The van der Waals surface area contributed by atoms with E-state index in [2.05, 4.69) is 15.9 Å². The highest BCUT2D eigenvalue weighted by Crippen LogP contribution is 2.32. The predicted octanol–water partition coefficient (Wildman–Crippen LogP) is 4.09. The monoisotopic (exact) mass is 367 g/mol. The molecule has 0 atom stereocenters. The molecule has 21 heavy (non-hydrogen) atoms. The van der Waals surface area contributed by atoms with E-state index in [9.17, 15) is 22.4 Å². The standard InChI is InChI=1S/C14H14BrF4NO/c15-8-9-3-5-20(6-4-9)13(21)10-1-2-12(16)11(7-10)14(17,18)19/h1-2,7,9H,3-6,8H2. The molecule has 1 aromatic carbocycles. The van der Waals surface area contributed by atoms with E-state index in [1.54, 1.807) is 0 Å². The van der Waals surface area contributed by atoms with Crippen molar-refractivity contribution in [2.45, 2.75) is 19.0 Å². The fraction of sp³-hybridized carbons (Fsp3) is 0.500. The number of hydrogen-bond acceptors (Lipinski definition) is 1. The molecule has 1 aliphatic rings. The van der Waals surface area contributed by atoms with Crippen LogP contribution in [-0.4, -0.2) is 29.2 Å². The average molecular weight is 368 g/mol. The van der Waals surface area contributed by atoms with Crippen LogP contribution in [-0.2, 0) is 6.18 Å². The molecule has 0 bridgehead atoms. The highest BCUT2D eigenvalue weighted by atomic mass is 79.9. The van der Waals surface area contributed by atoms with Crippen molar-refractivity contribution in [2.24, 2.45) is 5.92 Å². The van der Waals surface area contributed by atoms with Gasteiger partial charge in [-0.2, -0.15) is 13.2 Å². The molecule has 1 aliphatic heterocycles. The number of benzene rings is 1. The molecular weight excluding hydrogens is 354 g/mol. The van der Waals surface area contributed by atoms with Gasteiger partial charge in [0.15, 0.2) is 0 Å². The summed E-state index contributed by atoms with van der Waals surface area (Å²) in [5.41, 5.74) is -1.52. The van der Waals surface area contributed by atoms with E-state index in [1.807, 2.05) is 0 Å². The zero-order valence-electron chi connectivity index (χ0n) is 11.1. The quantitative estimate of drug-likeness (QED) is 0.569. The lowest BCUT2D eigenvalue weighted by atomic mass is 9.98. The predicted molar refractivity (Wildman–Crippen MR) is 73.8 cm³/mol. The van der Waals surface area contributed by atoms with Crippen molar-refractivity contribution in [2.75, 3.05) is 18.4 Å². The van der Waals surface area contributed by atoms with Crippen molar-refractivity contribution in [3.05, 3.63) is 35.1 Å². The van der Waals surface area contributed by atoms with Gasteiger partial charge in [-0.25, -0.2) is 4.39 Å². The minimum atomic E-state index is -4.80. The lowest BCUT2D eigenvalue weighted by Gasteiger charge is -2.31. The fourth-order valence-electron chi connectivity index (χ4n) is 2.35. The number of piperidine rings is 1. The number of likely N-dealkylation sites (tertiary alicyclic amines) is 1. The largest absolute Gasteiger partial charge is 0.419 e. The van der Waals surface area contributed by atoms with Crippen LogP contribution in [0.3, 0.4) is 0 Å². The Labute approximate surface area is 128 Å². The van der Waals surface area contributed by atoms with Gasteiger partial charge in [0.2, 0.25) is 0 Å². The third-order valence-corrected chi connectivity index (χ3v) is 4.55. The van der Waals surface area contributed by atoms with E-state index in [0.717, 1.165) is 24.2 Å². The van der Waals surface area contributed by atoms with Crippen LogP contribution < -0.4 is 0 Å². The first-order valence-electron chi connectivity index (χ1n) is 6.55. The Hall–Kier alpha value is -1.11. The number of alkyl halides is 4. The number of rotatable bonds is 2. The van der Waals surface area contributed by atoms with Crippen LogP contribution in [0.2, 0.25) is 0 Å². The first-order valence-corrected chi connectivity index (χ1v) is 7.67. The zero-order valence-corrected chi connectivity index (χ0v) is 12.7. The first-order chi connectivity index (χ1) is 9.82. The van der Waals surface area contributed by atoms with Crippen LogP contribution in [0.1, 0.15) is 28.8 Å². The number of halogens is 5. The minimum absolute atomic E-state index is 0.124. The van der Waals surface area contributed by atoms with Crippen LogP contribution in [0, 0.1) is 11.7 Å². The summed E-state index contributed by atoms with van der Waals surface area (Å²) in [6.45, 7) is 1.02. The Kier molecular flexibility index (Phi) is 4.91. The Morgan fingerprint density at radius 2 is 1.90 bits per heavy atom. The van der Waals surface area contributed by atoms with Crippen molar-refractivity contribution in [1.82, 2.24) is 4.90 Å². The summed E-state index contributed by atoms with van der Waals surface area (Å²) in [6, 6.07) is 2.39. The zero-order chi connectivity index (χ0) is 15.6. The molecule has 1 heterocycles. The second-order valence-electron chi connectivity index (χ2n) is 5.08. The van der Waals surface area contributed by atoms with Gasteiger partial charge >= 0.3 is 6.18 Å². The van der Waals surface area contributed by atoms with Crippen molar-refractivity contribution >= 4 is 21.8 Å². The molecule has 1 fully saturated rings. The number of amides is 1. The Balaban J connectivity index is 2.17. The lowest BCUT2D eigenvalue weighted by Crippen LogP contribution is -2.38. The minimum Gasteiger partial charge on any atom is -0.339 e. The first kappa shape index (κ1) is 16.3. The second-order valence-corrected chi connectivity index (χ2v) is 5.73. The summed E-state index contributed by atoms with van der Waals surface area (Å²) >= 11 is 3.38. The summed E-state index contributed by atoms with van der Waals surface area (Å²) in [6.07, 6.45) is -3.18. The van der Waals surface area contributed by atoms with Crippen molar-refractivity contribution < 1.29 is 22.4 Å². The van der Waals surface area contributed by atoms with E-state index < -0.39 is 23.5 Å². The molecule has 0 aliphatic carbocycles. The van der Waals surface area contributed by atoms with Gasteiger partial charge in [0.05, 0.1) is 5.56 Å². The van der Waals surface area contributed by atoms with Crippen molar-refractivity contribution in [3.63, 3.8) is 0 Å². The molecule has 0 saturated carbocycles. The van der Waals surface area contributed by atoms with Gasteiger partial charge in [-0.1, -0.05) is 15.9 Å². The van der Waals surface area contributed by atoms with Gasteiger partial charge in [-0.3, -0.25) is 4.79 Å².